The van der Waals surface area contributed by atoms with Gasteiger partial charge in [-0.1, -0.05) is 11.6 Å². The van der Waals surface area contributed by atoms with Crippen LogP contribution >= 0.6 is 11.6 Å². The van der Waals surface area contributed by atoms with E-state index in [1.54, 1.807) is 37.6 Å². The quantitative estimate of drug-likeness (QED) is 0.924. The number of rotatable bonds is 4. The van der Waals surface area contributed by atoms with Crippen LogP contribution < -0.4 is 4.72 Å². The molecule has 0 bridgehead atoms. The summed E-state index contributed by atoms with van der Waals surface area (Å²) < 4.78 is 29.8. The summed E-state index contributed by atoms with van der Waals surface area (Å²) in [7, 11) is -3.69. The van der Waals surface area contributed by atoms with Crippen LogP contribution in [0.15, 0.2) is 17.0 Å². The van der Waals surface area contributed by atoms with Crippen molar-refractivity contribution in [2.24, 2.45) is 0 Å². The van der Waals surface area contributed by atoms with E-state index < -0.39 is 10.0 Å². The van der Waals surface area contributed by atoms with Crippen LogP contribution in [0.3, 0.4) is 0 Å². The van der Waals surface area contributed by atoms with E-state index in [1.165, 1.54) is 0 Å². The molecule has 2 rings (SSSR count). The number of nitrogens with one attached hydrogen (secondary N) is 1. The zero-order chi connectivity index (χ0) is 16.7. The number of hydrogen-bond donors (Lipinski definition) is 1. The lowest BCUT2D eigenvalue weighted by Gasteiger charge is -2.12. The predicted octanol–water partition coefficient (Wildman–Crippen LogP) is 3.59. The molecule has 120 valence electrons. The minimum Gasteiger partial charge on any atom is -0.276 e. The molecule has 0 amide bonds. The fourth-order valence-electron chi connectivity index (χ4n) is 2.39. The summed E-state index contributed by atoms with van der Waals surface area (Å²) in [6.07, 6.45) is 0. The van der Waals surface area contributed by atoms with Crippen molar-refractivity contribution in [2.75, 3.05) is 4.72 Å². The van der Waals surface area contributed by atoms with Crippen molar-refractivity contribution in [3.05, 3.63) is 39.7 Å². The Balaban J connectivity index is 2.49. The van der Waals surface area contributed by atoms with Gasteiger partial charge in [-0.3, -0.25) is 9.40 Å². The number of benzene rings is 1. The average Bonchev–Trinajstić information content (AvgIpc) is 2.69. The fourth-order valence-corrected chi connectivity index (χ4v) is 4.09. The normalized spacial score (nSPS) is 11.7. The maximum absolute atomic E-state index is 12.7. The highest BCUT2D eigenvalue weighted by Crippen LogP contribution is 2.27. The number of hydrogen-bond acceptors (Lipinski definition) is 3. The van der Waals surface area contributed by atoms with E-state index in [0.29, 0.717) is 28.5 Å². The first kappa shape index (κ1) is 16.8. The monoisotopic (exact) mass is 341 g/mol. The summed E-state index contributed by atoms with van der Waals surface area (Å²) in [4.78, 5) is 0.234. The van der Waals surface area contributed by atoms with Gasteiger partial charge in [-0.05, 0) is 57.9 Å². The third-order valence-corrected chi connectivity index (χ3v) is 5.56. The van der Waals surface area contributed by atoms with Crippen molar-refractivity contribution in [3.8, 4) is 0 Å². The predicted molar refractivity (Wildman–Crippen MR) is 89.1 cm³/mol. The van der Waals surface area contributed by atoms with Crippen molar-refractivity contribution in [3.63, 3.8) is 0 Å². The molecule has 0 fully saturated rings. The standard InChI is InChI=1S/C15H20ClN3O2S/c1-6-19-12(5)15(11(4)17-19)18-22(20,21)14-8-9(2)13(16)7-10(14)3/h7-8,18H,6H2,1-5H3. The first-order valence-corrected chi connectivity index (χ1v) is 8.87. The lowest BCUT2D eigenvalue weighted by Crippen LogP contribution is -2.15. The van der Waals surface area contributed by atoms with Gasteiger partial charge in [0.1, 0.15) is 0 Å². The molecule has 2 aromatic rings. The third kappa shape index (κ3) is 2.98. The van der Waals surface area contributed by atoms with Gasteiger partial charge in [0.2, 0.25) is 0 Å². The third-order valence-electron chi connectivity index (χ3n) is 3.66. The molecule has 0 aliphatic heterocycles. The highest BCUT2D eigenvalue weighted by molar-refractivity contribution is 7.92. The van der Waals surface area contributed by atoms with E-state index >= 15 is 0 Å². The molecular formula is C15H20ClN3O2S. The molecule has 7 heteroatoms. The van der Waals surface area contributed by atoms with E-state index in [9.17, 15) is 8.42 Å². The number of nitrogens with zero attached hydrogens (tertiary/aromatic N) is 2. The maximum Gasteiger partial charge on any atom is 0.262 e. The second-order valence-corrected chi connectivity index (χ2v) is 7.39. The summed E-state index contributed by atoms with van der Waals surface area (Å²) in [6.45, 7) is 9.80. The van der Waals surface area contributed by atoms with Gasteiger partial charge in [-0.15, -0.1) is 0 Å². The molecule has 0 unspecified atom stereocenters. The zero-order valence-electron chi connectivity index (χ0n) is 13.4. The number of anilines is 1. The molecule has 0 saturated carbocycles. The fraction of sp³-hybridized carbons (Fsp3) is 0.400. The van der Waals surface area contributed by atoms with E-state index in [4.69, 9.17) is 11.6 Å². The Morgan fingerprint density at radius 1 is 1.18 bits per heavy atom. The van der Waals surface area contributed by atoms with Crippen molar-refractivity contribution in [1.82, 2.24) is 9.78 Å². The molecule has 0 aliphatic rings. The average molecular weight is 342 g/mol. The summed E-state index contributed by atoms with van der Waals surface area (Å²) in [5.74, 6) is 0. The second kappa shape index (κ2) is 5.93. The molecule has 0 atom stereocenters. The van der Waals surface area contributed by atoms with Crippen molar-refractivity contribution < 1.29 is 8.42 Å². The van der Waals surface area contributed by atoms with E-state index in [1.807, 2.05) is 13.8 Å². The molecule has 1 aromatic carbocycles. The number of halogens is 1. The van der Waals surface area contributed by atoms with Crippen molar-refractivity contribution in [1.29, 1.82) is 0 Å². The summed E-state index contributed by atoms with van der Waals surface area (Å²) >= 11 is 6.04. The molecule has 0 aliphatic carbocycles. The van der Waals surface area contributed by atoms with Gasteiger partial charge in [0.05, 0.1) is 22.0 Å². The van der Waals surface area contributed by atoms with Crippen LogP contribution in [0.1, 0.15) is 29.4 Å². The van der Waals surface area contributed by atoms with Crippen LogP contribution in [0.5, 0.6) is 0 Å². The molecule has 0 radical (unpaired) electrons. The summed E-state index contributed by atoms with van der Waals surface area (Å²) in [6, 6.07) is 3.26. The molecule has 1 aromatic heterocycles. The molecule has 0 spiro atoms. The van der Waals surface area contributed by atoms with Gasteiger partial charge in [0.15, 0.2) is 0 Å². The van der Waals surface area contributed by atoms with Crippen LogP contribution in [0.4, 0.5) is 5.69 Å². The Bertz CT molecular complexity index is 826. The smallest absolute Gasteiger partial charge is 0.262 e. The van der Waals surface area contributed by atoms with Crippen LogP contribution in [-0.2, 0) is 16.6 Å². The van der Waals surface area contributed by atoms with Crippen molar-refractivity contribution in [2.45, 2.75) is 46.1 Å². The highest BCUT2D eigenvalue weighted by atomic mass is 35.5. The second-order valence-electron chi connectivity index (χ2n) is 5.33. The first-order chi connectivity index (χ1) is 10.2. The summed E-state index contributed by atoms with van der Waals surface area (Å²) in [5.41, 5.74) is 3.33. The van der Waals surface area contributed by atoms with Gasteiger partial charge >= 0.3 is 0 Å². The van der Waals surface area contributed by atoms with Crippen molar-refractivity contribution >= 4 is 27.3 Å². The Morgan fingerprint density at radius 3 is 2.36 bits per heavy atom. The molecule has 5 nitrogen and oxygen atoms in total. The number of aryl methyl sites for hydroxylation is 4. The van der Waals surface area contributed by atoms with Gasteiger partial charge in [-0.2, -0.15) is 5.10 Å². The van der Waals surface area contributed by atoms with Gasteiger partial charge in [-0.25, -0.2) is 8.42 Å². The molecule has 1 N–H and O–H groups in total. The maximum atomic E-state index is 12.7. The Morgan fingerprint density at radius 2 is 1.82 bits per heavy atom. The number of sulfonamides is 1. The minimum absolute atomic E-state index is 0.234. The lowest BCUT2D eigenvalue weighted by atomic mass is 10.2. The van der Waals surface area contributed by atoms with Crippen LogP contribution in [0.25, 0.3) is 0 Å². The molecule has 0 saturated heterocycles. The number of aromatic nitrogens is 2. The van der Waals surface area contributed by atoms with Crippen LogP contribution in [0, 0.1) is 27.7 Å². The first-order valence-electron chi connectivity index (χ1n) is 7.01. The van der Waals surface area contributed by atoms with Gasteiger partial charge in [0, 0.05) is 11.6 Å². The van der Waals surface area contributed by atoms with Crippen LogP contribution in [-0.4, -0.2) is 18.2 Å². The molecule has 22 heavy (non-hydrogen) atoms. The van der Waals surface area contributed by atoms with Crippen LogP contribution in [0.2, 0.25) is 5.02 Å². The van der Waals surface area contributed by atoms with E-state index in [0.717, 1.165) is 11.3 Å². The minimum atomic E-state index is -3.69. The largest absolute Gasteiger partial charge is 0.276 e. The topological polar surface area (TPSA) is 64.0 Å². The van der Waals surface area contributed by atoms with E-state index in [-0.39, 0.29) is 4.90 Å². The zero-order valence-corrected chi connectivity index (χ0v) is 14.9. The SMILES string of the molecule is CCn1nc(C)c(NS(=O)(=O)c2cc(C)c(Cl)cc2C)c1C. The Labute approximate surface area is 136 Å². The van der Waals surface area contributed by atoms with Gasteiger partial charge < -0.3 is 0 Å². The highest BCUT2D eigenvalue weighted by Gasteiger charge is 2.22. The molecular weight excluding hydrogens is 322 g/mol. The van der Waals surface area contributed by atoms with Gasteiger partial charge in [0.25, 0.3) is 10.0 Å². The lowest BCUT2D eigenvalue weighted by molar-refractivity contribution is 0.600. The van der Waals surface area contributed by atoms with E-state index in [2.05, 4.69) is 9.82 Å². The molecule has 1 heterocycles. The Kier molecular flexibility index (Phi) is 4.54. The Hall–Kier alpha value is -1.53. The summed E-state index contributed by atoms with van der Waals surface area (Å²) in [5, 5.41) is 4.89.